The predicted molar refractivity (Wildman–Crippen MR) is 118 cm³/mol. The Morgan fingerprint density at radius 1 is 1.16 bits per heavy atom. The Kier molecular flexibility index (Phi) is 7.05. The van der Waals surface area contributed by atoms with E-state index in [9.17, 15) is 18.4 Å². The van der Waals surface area contributed by atoms with Crippen LogP contribution in [-0.4, -0.2) is 47.5 Å². The summed E-state index contributed by atoms with van der Waals surface area (Å²) in [5.74, 6) is -2.27. The van der Waals surface area contributed by atoms with Gasteiger partial charge in [-0.2, -0.15) is 0 Å². The fourth-order valence-corrected chi connectivity index (χ4v) is 3.16. The van der Waals surface area contributed by atoms with Gasteiger partial charge in [-0.15, -0.1) is 9.24 Å². The van der Waals surface area contributed by atoms with Crippen LogP contribution in [0.15, 0.2) is 36.7 Å². The summed E-state index contributed by atoms with van der Waals surface area (Å²) in [6.07, 6.45) is 2.40. The number of carbonyl (C=O) groups excluding carboxylic acids is 2. The summed E-state index contributed by atoms with van der Waals surface area (Å²) in [4.78, 5) is 38.3. The third kappa shape index (κ3) is 5.03. The number of amides is 2. The molecule has 2 amide bonds. The van der Waals surface area contributed by atoms with Crippen molar-refractivity contribution < 1.29 is 23.1 Å². The number of anilines is 1. The Labute approximate surface area is 185 Å². The van der Waals surface area contributed by atoms with Crippen LogP contribution in [0.1, 0.15) is 16.2 Å². The lowest BCUT2D eigenvalue weighted by Gasteiger charge is -2.18. The first kappa shape index (κ1) is 23.1. The molecule has 0 saturated carbocycles. The Bertz CT molecular complexity index is 1190. The maximum Gasteiger partial charge on any atom is 0.289 e. The van der Waals surface area contributed by atoms with E-state index in [2.05, 4.69) is 29.5 Å². The molecule has 3 rings (SSSR count). The second-order valence-corrected chi connectivity index (χ2v) is 7.39. The smallest absolute Gasteiger partial charge is 0.289 e. The summed E-state index contributed by atoms with van der Waals surface area (Å²) in [6, 6.07) is 5.33. The molecule has 0 aliphatic heterocycles. The molecule has 0 saturated heterocycles. The number of nitrogens with one attached hydrogen (secondary N) is 1. The van der Waals surface area contributed by atoms with Crippen LogP contribution in [0, 0.1) is 18.6 Å². The number of rotatable bonds is 6. The molecule has 2 heterocycles. The van der Waals surface area contributed by atoms with Crippen molar-refractivity contribution in [3.63, 3.8) is 0 Å². The van der Waals surface area contributed by atoms with E-state index in [-0.39, 0.29) is 23.9 Å². The van der Waals surface area contributed by atoms with Crippen LogP contribution in [0.3, 0.4) is 0 Å². The minimum Gasteiger partial charge on any atom is -0.493 e. The number of halogens is 2. The van der Waals surface area contributed by atoms with Gasteiger partial charge in [-0.05, 0) is 29.9 Å². The van der Waals surface area contributed by atoms with Crippen molar-refractivity contribution in [1.29, 1.82) is 0 Å². The van der Waals surface area contributed by atoms with Crippen molar-refractivity contribution in [1.82, 2.24) is 20.3 Å². The topological polar surface area (TPSA) is 97.3 Å². The number of hydrogen-bond donors (Lipinski definition) is 1. The van der Waals surface area contributed by atoms with E-state index >= 15 is 0 Å². The summed E-state index contributed by atoms with van der Waals surface area (Å²) in [6.45, 7) is 1.35. The Hall–Kier alpha value is -3.52. The van der Waals surface area contributed by atoms with Crippen LogP contribution < -0.4 is 20.3 Å². The van der Waals surface area contributed by atoms with Crippen molar-refractivity contribution in [2.45, 2.75) is 6.92 Å². The molecule has 1 aromatic carbocycles. The number of hydrogen-bond acceptors (Lipinski definition) is 6. The molecule has 3 aromatic rings. The maximum atomic E-state index is 13.7. The molecular weight excluding hydrogens is 439 g/mol. The van der Waals surface area contributed by atoms with E-state index < -0.39 is 23.4 Å². The maximum absolute atomic E-state index is 13.7. The highest BCUT2D eigenvalue weighted by Crippen LogP contribution is 2.25. The summed E-state index contributed by atoms with van der Waals surface area (Å²) in [5, 5.41) is 3.15. The van der Waals surface area contributed by atoms with Gasteiger partial charge < -0.3 is 10.1 Å². The molecule has 0 aliphatic carbocycles. The number of benzene rings is 1. The summed E-state index contributed by atoms with van der Waals surface area (Å²) in [5.41, 5.74) is 1.56. The van der Waals surface area contributed by atoms with E-state index in [0.717, 1.165) is 17.2 Å². The Balaban J connectivity index is 1.75. The largest absolute Gasteiger partial charge is 0.493 e. The highest BCUT2D eigenvalue weighted by atomic mass is 31.0. The van der Waals surface area contributed by atoms with E-state index in [1.807, 2.05) is 0 Å². The SMILES string of the molecule is COc1cc(F)cnc1N(C)C(=O)CNC(=O)c1ncc(C)c(-c2cc(F)ccc2P)n1. The van der Waals surface area contributed by atoms with Gasteiger partial charge in [-0.1, -0.05) is 6.07 Å². The molecule has 32 heavy (non-hydrogen) atoms. The number of likely N-dealkylation sites (N-methyl/N-ethyl adjacent to an activating group) is 1. The van der Waals surface area contributed by atoms with Crippen LogP contribution in [0.5, 0.6) is 5.75 Å². The quantitative estimate of drug-likeness (QED) is 0.567. The lowest BCUT2D eigenvalue weighted by atomic mass is 10.1. The van der Waals surface area contributed by atoms with E-state index in [4.69, 9.17) is 4.74 Å². The first-order valence-electron chi connectivity index (χ1n) is 9.34. The summed E-state index contributed by atoms with van der Waals surface area (Å²) < 4.78 is 32.1. The normalized spacial score (nSPS) is 10.6. The lowest BCUT2D eigenvalue weighted by molar-refractivity contribution is -0.117. The van der Waals surface area contributed by atoms with Crippen LogP contribution in [0.2, 0.25) is 0 Å². The standard InChI is InChI=1S/C21H20F2N5O3P/c1-11-8-24-19(27-18(11)14-6-12(22)4-5-16(14)32)21(30)26-10-17(29)28(2)20-15(31-3)7-13(23)9-25-20/h4-9H,10,32H2,1-3H3,(H,26,30). The van der Waals surface area contributed by atoms with Crippen LogP contribution >= 0.6 is 9.24 Å². The minimum atomic E-state index is -0.686. The zero-order valence-electron chi connectivity index (χ0n) is 17.5. The fraction of sp³-hybridized carbons (Fsp3) is 0.190. The zero-order valence-corrected chi connectivity index (χ0v) is 18.7. The molecule has 11 heteroatoms. The average molecular weight is 459 g/mol. The Morgan fingerprint density at radius 2 is 1.91 bits per heavy atom. The predicted octanol–water partition coefficient (Wildman–Crippen LogP) is 2.03. The molecular formula is C21H20F2N5O3P. The highest BCUT2D eigenvalue weighted by Gasteiger charge is 2.20. The van der Waals surface area contributed by atoms with Crippen molar-refractivity contribution >= 4 is 32.2 Å². The molecule has 1 N–H and O–H groups in total. The number of aryl methyl sites for hydroxylation is 1. The van der Waals surface area contributed by atoms with Gasteiger partial charge >= 0.3 is 0 Å². The zero-order chi connectivity index (χ0) is 23.4. The van der Waals surface area contributed by atoms with Gasteiger partial charge in [0.15, 0.2) is 11.6 Å². The van der Waals surface area contributed by atoms with Crippen LogP contribution in [0.4, 0.5) is 14.6 Å². The molecule has 1 atom stereocenters. The van der Waals surface area contributed by atoms with Gasteiger partial charge in [0.05, 0.1) is 25.5 Å². The minimum absolute atomic E-state index is 0.0713. The third-order valence-corrected chi connectivity index (χ3v) is 5.06. The number of carbonyl (C=O) groups is 2. The van der Waals surface area contributed by atoms with Gasteiger partial charge in [0.2, 0.25) is 11.7 Å². The second kappa shape index (κ2) is 9.74. The second-order valence-electron chi connectivity index (χ2n) is 6.77. The number of aromatic nitrogens is 3. The molecule has 0 aliphatic rings. The van der Waals surface area contributed by atoms with Gasteiger partial charge in [-0.3, -0.25) is 14.5 Å². The molecule has 1 unspecified atom stereocenters. The Morgan fingerprint density at radius 3 is 2.62 bits per heavy atom. The van der Waals surface area contributed by atoms with Crippen molar-refractivity contribution in [3.05, 3.63) is 59.7 Å². The van der Waals surface area contributed by atoms with Crippen molar-refractivity contribution in [2.75, 3.05) is 25.6 Å². The molecule has 0 radical (unpaired) electrons. The lowest BCUT2D eigenvalue weighted by Crippen LogP contribution is -2.39. The van der Waals surface area contributed by atoms with Crippen LogP contribution in [-0.2, 0) is 4.79 Å². The fourth-order valence-electron chi connectivity index (χ4n) is 2.84. The van der Waals surface area contributed by atoms with Crippen molar-refractivity contribution in [2.24, 2.45) is 0 Å². The number of nitrogens with zero attached hydrogens (tertiary/aromatic N) is 4. The number of pyridine rings is 1. The number of methoxy groups -OCH3 is 1. The first-order chi connectivity index (χ1) is 15.2. The molecule has 2 aromatic heterocycles. The number of ether oxygens (including phenoxy) is 1. The highest BCUT2D eigenvalue weighted by molar-refractivity contribution is 7.28. The van der Waals surface area contributed by atoms with Gasteiger partial charge in [0.1, 0.15) is 11.6 Å². The first-order valence-corrected chi connectivity index (χ1v) is 9.92. The average Bonchev–Trinajstić information content (AvgIpc) is 2.78. The summed E-state index contributed by atoms with van der Waals surface area (Å²) >= 11 is 0. The molecule has 8 nitrogen and oxygen atoms in total. The monoisotopic (exact) mass is 459 g/mol. The van der Waals surface area contributed by atoms with Crippen molar-refractivity contribution in [3.8, 4) is 17.0 Å². The molecule has 166 valence electrons. The van der Waals surface area contributed by atoms with Gasteiger partial charge in [0, 0.05) is 24.9 Å². The molecule has 0 bridgehead atoms. The van der Waals surface area contributed by atoms with E-state index in [1.165, 1.54) is 32.5 Å². The third-order valence-electron chi connectivity index (χ3n) is 4.56. The molecule has 0 spiro atoms. The van der Waals surface area contributed by atoms with E-state index in [0.29, 0.717) is 22.1 Å². The van der Waals surface area contributed by atoms with Gasteiger partial charge in [-0.25, -0.2) is 23.7 Å². The molecule has 0 fully saturated rings. The van der Waals surface area contributed by atoms with Crippen LogP contribution in [0.25, 0.3) is 11.3 Å². The van der Waals surface area contributed by atoms with E-state index in [1.54, 1.807) is 13.0 Å². The summed E-state index contributed by atoms with van der Waals surface area (Å²) in [7, 11) is 5.24. The van der Waals surface area contributed by atoms with Gasteiger partial charge in [0.25, 0.3) is 5.91 Å².